The normalized spacial score (nSPS) is 11.0. The number of hydrogen-bond donors (Lipinski definition) is 2. The monoisotopic (exact) mass is 389 g/mol. The van der Waals surface area contributed by atoms with Gasteiger partial charge in [-0.25, -0.2) is 4.98 Å². The van der Waals surface area contributed by atoms with Gasteiger partial charge in [-0.3, -0.25) is 14.2 Å². The summed E-state index contributed by atoms with van der Waals surface area (Å²) in [5.41, 5.74) is 2.65. The van der Waals surface area contributed by atoms with E-state index in [2.05, 4.69) is 10.3 Å². The van der Waals surface area contributed by atoms with Gasteiger partial charge in [-0.2, -0.15) is 0 Å². The molecular formula is C18H19N3O3S2. The molecule has 2 aromatic heterocycles. The molecule has 0 bridgehead atoms. The van der Waals surface area contributed by atoms with Crippen molar-refractivity contribution in [3.63, 3.8) is 0 Å². The van der Waals surface area contributed by atoms with Crippen LogP contribution >= 0.6 is 23.1 Å². The molecular weight excluding hydrogens is 370 g/mol. The minimum absolute atomic E-state index is 0.134. The highest BCUT2D eigenvalue weighted by molar-refractivity contribution is 7.99. The van der Waals surface area contributed by atoms with Crippen molar-refractivity contribution in [1.82, 2.24) is 14.9 Å². The molecule has 6 nitrogen and oxygen atoms in total. The second kappa shape index (κ2) is 8.48. The third kappa shape index (κ3) is 4.32. The summed E-state index contributed by atoms with van der Waals surface area (Å²) < 4.78 is 1.99. The highest BCUT2D eigenvalue weighted by Gasteiger charge is 2.13. The maximum atomic E-state index is 12.5. The summed E-state index contributed by atoms with van der Waals surface area (Å²) in [4.78, 5) is 29.1. The zero-order chi connectivity index (χ0) is 18.5. The predicted molar refractivity (Wildman–Crippen MR) is 105 cm³/mol. The average Bonchev–Trinajstić information content (AvgIpc) is 3.11. The minimum atomic E-state index is -0.179. The molecule has 3 rings (SSSR count). The van der Waals surface area contributed by atoms with E-state index in [-0.39, 0.29) is 30.4 Å². The van der Waals surface area contributed by atoms with Crippen LogP contribution in [0.1, 0.15) is 11.1 Å². The summed E-state index contributed by atoms with van der Waals surface area (Å²) in [5.74, 6) is 0.0186. The van der Waals surface area contributed by atoms with Gasteiger partial charge in [0.15, 0.2) is 5.16 Å². The Hall–Kier alpha value is -2.16. The van der Waals surface area contributed by atoms with E-state index in [0.717, 1.165) is 5.56 Å². The van der Waals surface area contributed by atoms with Crippen molar-refractivity contribution in [3.05, 3.63) is 57.2 Å². The third-order valence-electron chi connectivity index (χ3n) is 3.80. The van der Waals surface area contributed by atoms with Gasteiger partial charge in [0.2, 0.25) is 5.91 Å². The molecule has 0 saturated carbocycles. The predicted octanol–water partition coefficient (Wildman–Crippen LogP) is 2.17. The molecule has 0 radical (unpaired) electrons. The van der Waals surface area contributed by atoms with Gasteiger partial charge in [-0.05, 0) is 23.9 Å². The molecule has 0 unspecified atom stereocenters. The Morgan fingerprint density at radius 1 is 1.31 bits per heavy atom. The van der Waals surface area contributed by atoms with E-state index in [1.165, 1.54) is 33.2 Å². The fourth-order valence-electron chi connectivity index (χ4n) is 2.42. The smallest absolute Gasteiger partial charge is 0.272 e. The van der Waals surface area contributed by atoms with E-state index in [1.807, 2.05) is 36.6 Å². The number of hydrogen-bond acceptors (Lipinski definition) is 6. The number of carbonyl (C=O) groups excluding carboxylic acids is 1. The van der Waals surface area contributed by atoms with Gasteiger partial charge >= 0.3 is 0 Å². The lowest BCUT2D eigenvalue weighted by molar-refractivity contribution is -0.118. The number of fused-ring (bicyclic) bond motifs is 1. The molecule has 3 aromatic rings. The molecule has 2 heterocycles. The molecule has 0 aliphatic carbocycles. The quantitative estimate of drug-likeness (QED) is 0.478. The summed E-state index contributed by atoms with van der Waals surface area (Å²) in [6, 6.07) is 9.75. The summed E-state index contributed by atoms with van der Waals surface area (Å²) in [6.45, 7) is 2.47. The van der Waals surface area contributed by atoms with E-state index in [4.69, 9.17) is 0 Å². The largest absolute Gasteiger partial charge is 0.395 e. The number of thiophene rings is 1. The number of thioether (sulfide) groups is 1. The first-order chi connectivity index (χ1) is 12.6. The molecule has 0 spiro atoms. The second-order valence-electron chi connectivity index (χ2n) is 5.76. The first-order valence-electron chi connectivity index (χ1n) is 8.12. The molecule has 0 atom stereocenters. The van der Waals surface area contributed by atoms with Gasteiger partial charge in [0, 0.05) is 6.54 Å². The van der Waals surface area contributed by atoms with Gasteiger partial charge < -0.3 is 10.4 Å². The molecule has 26 heavy (non-hydrogen) atoms. The number of benzene rings is 1. The van der Waals surface area contributed by atoms with E-state index in [0.29, 0.717) is 21.9 Å². The van der Waals surface area contributed by atoms with Crippen LogP contribution in [0.4, 0.5) is 0 Å². The zero-order valence-corrected chi connectivity index (χ0v) is 15.9. The summed E-state index contributed by atoms with van der Waals surface area (Å²) >= 11 is 2.53. The zero-order valence-electron chi connectivity index (χ0n) is 14.3. The lowest BCUT2D eigenvalue weighted by atomic mass is 10.1. The number of amides is 1. The van der Waals surface area contributed by atoms with Crippen LogP contribution in [-0.4, -0.2) is 32.9 Å². The average molecular weight is 390 g/mol. The Balaban J connectivity index is 1.66. The fourth-order valence-corrected chi connectivity index (χ4v) is 4.05. The van der Waals surface area contributed by atoms with E-state index in [9.17, 15) is 14.7 Å². The van der Waals surface area contributed by atoms with Gasteiger partial charge in [-0.15, -0.1) is 11.3 Å². The van der Waals surface area contributed by atoms with E-state index in [1.54, 1.807) is 6.07 Å². The van der Waals surface area contributed by atoms with Gasteiger partial charge in [0.05, 0.1) is 24.4 Å². The van der Waals surface area contributed by atoms with Gasteiger partial charge in [0.25, 0.3) is 5.56 Å². The van der Waals surface area contributed by atoms with Gasteiger partial charge in [-0.1, -0.05) is 41.6 Å². The van der Waals surface area contributed by atoms with Crippen molar-refractivity contribution in [1.29, 1.82) is 0 Å². The Morgan fingerprint density at radius 3 is 2.81 bits per heavy atom. The Labute approximate surface area is 158 Å². The van der Waals surface area contributed by atoms with E-state index < -0.39 is 0 Å². The van der Waals surface area contributed by atoms with Crippen LogP contribution in [-0.2, 0) is 17.9 Å². The Morgan fingerprint density at radius 2 is 2.08 bits per heavy atom. The number of nitrogens with one attached hydrogen (secondary N) is 1. The maximum absolute atomic E-state index is 12.5. The van der Waals surface area contributed by atoms with Crippen LogP contribution in [0.3, 0.4) is 0 Å². The van der Waals surface area contributed by atoms with Crippen molar-refractivity contribution in [2.24, 2.45) is 0 Å². The lowest BCUT2D eigenvalue weighted by Crippen LogP contribution is -2.27. The third-order valence-corrected chi connectivity index (χ3v) is 5.67. The first-order valence-corrected chi connectivity index (χ1v) is 9.99. The van der Waals surface area contributed by atoms with Crippen molar-refractivity contribution in [2.75, 3.05) is 12.4 Å². The van der Waals surface area contributed by atoms with Crippen molar-refractivity contribution in [2.45, 2.75) is 25.2 Å². The number of aliphatic hydroxyl groups is 1. The number of aryl methyl sites for hydroxylation is 1. The molecule has 2 N–H and O–H groups in total. The highest BCUT2D eigenvalue weighted by Crippen LogP contribution is 2.20. The van der Waals surface area contributed by atoms with Crippen LogP contribution in [0.2, 0.25) is 0 Å². The van der Waals surface area contributed by atoms with E-state index >= 15 is 0 Å². The molecule has 0 fully saturated rings. The number of rotatable bonds is 7. The molecule has 0 saturated heterocycles. The number of aromatic nitrogens is 2. The van der Waals surface area contributed by atoms with Crippen LogP contribution in [0.5, 0.6) is 0 Å². The summed E-state index contributed by atoms with van der Waals surface area (Å²) in [5, 5.41) is 14.3. The molecule has 8 heteroatoms. The molecule has 0 aliphatic heterocycles. The van der Waals surface area contributed by atoms with Crippen LogP contribution in [0.15, 0.2) is 45.7 Å². The van der Waals surface area contributed by atoms with Crippen molar-refractivity contribution < 1.29 is 9.90 Å². The van der Waals surface area contributed by atoms with Crippen molar-refractivity contribution in [3.8, 4) is 0 Å². The lowest BCUT2D eigenvalue weighted by Gasteiger charge is -2.11. The highest BCUT2D eigenvalue weighted by atomic mass is 32.2. The molecule has 136 valence electrons. The summed E-state index contributed by atoms with van der Waals surface area (Å²) in [6.07, 6.45) is 0. The number of carbonyl (C=O) groups is 1. The van der Waals surface area contributed by atoms with Crippen LogP contribution in [0, 0.1) is 6.92 Å². The Kier molecular flexibility index (Phi) is 6.08. The second-order valence-corrected chi connectivity index (χ2v) is 7.62. The topological polar surface area (TPSA) is 84.2 Å². The first kappa shape index (κ1) is 18.6. The standard InChI is InChI=1S/C18H19N3O3S2/c1-12-2-4-13(5-3-12)10-19-15(23)11-26-18-20-14-6-9-25-16(14)17(24)21(18)7-8-22/h2-6,9,22H,7-8,10-11H2,1H3,(H,19,23). The number of aliphatic hydroxyl groups excluding tert-OH is 1. The van der Waals surface area contributed by atoms with Crippen LogP contribution in [0.25, 0.3) is 10.2 Å². The summed E-state index contributed by atoms with van der Waals surface area (Å²) in [7, 11) is 0. The fraction of sp³-hybridized carbons (Fsp3) is 0.278. The minimum Gasteiger partial charge on any atom is -0.395 e. The van der Waals surface area contributed by atoms with Gasteiger partial charge in [0.1, 0.15) is 4.70 Å². The number of nitrogens with zero attached hydrogens (tertiary/aromatic N) is 2. The van der Waals surface area contributed by atoms with Crippen LogP contribution < -0.4 is 10.9 Å². The van der Waals surface area contributed by atoms with Crippen molar-refractivity contribution >= 4 is 39.2 Å². The molecule has 1 amide bonds. The SMILES string of the molecule is Cc1ccc(CNC(=O)CSc2nc3ccsc3c(=O)n2CCO)cc1. The maximum Gasteiger partial charge on any atom is 0.272 e. The molecule has 1 aromatic carbocycles. The molecule has 0 aliphatic rings. The Bertz CT molecular complexity index is 964.